The standard InChI is InChI=1S/C20H24N2O5/c1-5-27-17-9-7-6-8-16(17)21-20(24)13-22(14(2)23)15-10-11-18(25-3)19(12-15)26-4/h6-12H,5,13H2,1-4H3,(H,21,24). The van der Waals surface area contributed by atoms with Crippen LogP contribution in [0.1, 0.15) is 13.8 Å². The van der Waals surface area contributed by atoms with Gasteiger partial charge in [-0.25, -0.2) is 0 Å². The Hall–Kier alpha value is -3.22. The van der Waals surface area contributed by atoms with Crippen molar-refractivity contribution >= 4 is 23.2 Å². The molecule has 0 heterocycles. The molecule has 0 saturated carbocycles. The molecule has 0 saturated heterocycles. The second-order valence-corrected chi connectivity index (χ2v) is 5.62. The maximum absolute atomic E-state index is 12.5. The third kappa shape index (κ3) is 5.13. The first-order chi connectivity index (χ1) is 13.0. The summed E-state index contributed by atoms with van der Waals surface area (Å²) in [6.45, 7) is 3.61. The van der Waals surface area contributed by atoms with Gasteiger partial charge in [-0.15, -0.1) is 0 Å². The number of hydrogen-bond donors (Lipinski definition) is 1. The van der Waals surface area contributed by atoms with Crippen LogP contribution in [0.15, 0.2) is 42.5 Å². The van der Waals surface area contributed by atoms with Gasteiger partial charge in [0, 0.05) is 18.7 Å². The molecule has 0 bridgehead atoms. The molecule has 0 aromatic heterocycles. The Balaban J connectivity index is 2.19. The van der Waals surface area contributed by atoms with Gasteiger partial charge in [-0.05, 0) is 31.2 Å². The van der Waals surface area contributed by atoms with Crippen molar-refractivity contribution in [1.29, 1.82) is 0 Å². The molecule has 0 aliphatic rings. The molecular formula is C20H24N2O5. The van der Waals surface area contributed by atoms with Gasteiger partial charge in [-0.2, -0.15) is 0 Å². The zero-order valence-corrected chi connectivity index (χ0v) is 15.9. The predicted octanol–water partition coefficient (Wildman–Crippen LogP) is 3.09. The van der Waals surface area contributed by atoms with Gasteiger partial charge < -0.3 is 24.4 Å². The maximum atomic E-state index is 12.5. The Kier molecular flexibility index (Phi) is 7.05. The van der Waals surface area contributed by atoms with Crippen LogP contribution in [-0.4, -0.2) is 39.2 Å². The number of ether oxygens (including phenoxy) is 3. The van der Waals surface area contributed by atoms with Crippen molar-refractivity contribution in [3.63, 3.8) is 0 Å². The van der Waals surface area contributed by atoms with Crippen molar-refractivity contribution in [3.8, 4) is 17.2 Å². The van der Waals surface area contributed by atoms with Crippen LogP contribution >= 0.6 is 0 Å². The average molecular weight is 372 g/mol. The second kappa shape index (κ2) is 9.47. The number of nitrogens with zero attached hydrogens (tertiary/aromatic N) is 1. The number of rotatable bonds is 8. The van der Waals surface area contributed by atoms with E-state index in [9.17, 15) is 9.59 Å². The summed E-state index contributed by atoms with van der Waals surface area (Å²) in [6.07, 6.45) is 0. The third-order valence-corrected chi connectivity index (χ3v) is 3.82. The molecule has 2 aromatic carbocycles. The molecule has 0 unspecified atom stereocenters. The lowest BCUT2D eigenvalue weighted by Crippen LogP contribution is -2.36. The zero-order chi connectivity index (χ0) is 19.8. The van der Waals surface area contributed by atoms with Gasteiger partial charge in [-0.3, -0.25) is 9.59 Å². The Morgan fingerprint density at radius 3 is 2.33 bits per heavy atom. The number of nitrogens with one attached hydrogen (secondary N) is 1. The summed E-state index contributed by atoms with van der Waals surface area (Å²) in [7, 11) is 3.04. The molecule has 2 rings (SSSR count). The Labute approximate surface area is 158 Å². The first-order valence-corrected chi connectivity index (χ1v) is 8.52. The van der Waals surface area contributed by atoms with Gasteiger partial charge in [0.05, 0.1) is 26.5 Å². The van der Waals surface area contributed by atoms with Crippen molar-refractivity contribution in [2.24, 2.45) is 0 Å². The molecule has 7 heteroatoms. The van der Waals surface area contributed by atoms with Crippen molar-refractivity contribution in [1.82, 2.24) is 0 Å². The molecule has 0 aliphatic carbocycles. The van der Waals surface area contributed by atoms with E-state index < -0.39 is 0 Å². The van der Waals surface area contributed by atoms with Crippen molar-refractivity contribution in [2.45, 2.75) is 13.8 Å². The van der Waals surface area contributed by atoms with Crippen LogP contribution < -0.4 is 24.4 Å². The second-order valence-electron chi connectivity index (χ2n) is 5.62. The number of anilines is 2. The fourth-order valence-corrected chi connectivity index (χ4v) is 2.56. The normalized spacial score (nSPS) is 10.1. The van der Waals surface area contributed by atoms with Gasteiger partial charge in [0.2, 0.25) is 11.8 Å². The van der Waals surface area contributed by atoms with E-state index in [0.29, 0.717) is 35.2 Å². The number of methoxy groups -OCH3 is 2. The van der Waals surface area contributed by atoms with E-state index in [4.69, 9.17) is 14.2 Å². The van der Waals surface area contributed by atoms with Gasteiger partial charge in [0.15, 0.2) is 11.5 Å². The van der Waals surface area contributed by atoms with Crippen LogP contribution in [0, 0.1) is 0 Å². The molecule has 2 amide bonds. The summed E-state index contributed by atoms with van der Waals surface area (Å²) in [4.78, 5) is 26.0. The minimum Gasteiger partial charge on any atom is -0.493 e. The summed E-state index contributed by atoms with van der Waals surface area (Å²) < 4.78 is 16.0. The molecule has 0 radical (unpaired) electrons. The summed E-state index contributed by atoms with van der Waals surface area (Å²) in [5.74, 6) is 0.986. The van der Waals surface area contributed by atoms with Crippen LogP contribution in [0.25, 0.3) is 0 Å². The Bertz CT molecular complexity index is 807. The highest BCUT2D eigenvalue weighted by atomic mass is 16.5. The molecular weight excluding hydrogens is 348 g/mol. The van der Waals surface area contributed by atoms with E-state index in [-0.39, 0.29) is 18.4 Å². The molecule has 0 aliphatic heterocycles. The van der Waals surface area contributed by atoms with Gasteiger partial charge in [-0.1, -0.05) is 12.1 Å². The van der Waals surface area contributed by atoms with Crippen LogP contribution in [0.4, 0.5) is 11.4 Å². The zero-order valence-electron chi connectivity index (χ0n) is 15.9. The lowest BCUT2D eigenvalue weighted by molar-refractivity contribution is -0.120. The quantitative estimate of drug-likeness (QED) is 0.770. The molecule has 7 nitrogen and oxygen atoms in total. The SMILES string of the molecule is CCOc1ccccc1NC(=O)CN(C(C)=O)c1ccc(OC)c(OC)c1. The topological polar surface area (TPSA) is 77.1 Å². The molecule has 1 N–H and O–H groups in total. The molecule has 0 fully saturated rings. The Morgan fingerprint density at radius 2 is 1.70 bits per heavy atom. The van der Waals surface area contributed by atoms with Crippen molar-refractivity contribution in [3.05, 3.63) is 42.5 Å². The summed E-state index contributed by atoms with van der Waals surface area (Å²) in [6, 6.07) is 12.2. The van der Waals surface area contributed by atoms with Crippen molar-refractivity contribution < 1.29 is 23.8 Å². The van der Waals surface area contributed by atoms with Crippen LogP contribution in [-0.2, 0) is 9.59 Å². The summed E-state index contributed by atoms with van der Waals surface area (Å²) in [5, 5.41) is 2.79. The van der Waals surface area contributed by atoms with Gasteiger partial charge in [0.25, 0.3) is 0 Å². The largest absolute Gasteiger partial charge is 0.493 e. The minimum absolute atomic E-state index is 0.148. The number of carbonyl (C=O) groups excluding carboxylic acids is 2. The maximum Gasteiger partial charge on any atom is 0.244 e. The highest BCUT2D eigenvalue weighted by Crippen LogP contribution is 2.31. The number of hydrogen-bond acceptors (Lipinski definition) is 5. The molecule has 0 atom stereocenters. The molecule has 27 heavy (non-hydrogen) atoms. The van der Waals surface area contributed by atoms with Gasteiger partial charge >= 0.3 is 0 Å². The molecule has 2 aromatic rings. The van der Waals surface area contributed by atoms with Crippen LogP contribution in [0.5, 0.6) is 17.2 Å². The van der Waals surface area contributed by atoms with Crippen molar-refractivity contribution in [2.75, 3.05) is 37.6 Å². The highest BCUT2D eigenvalue weighted by Gasteiger charge is 2.18. The van der Waals surface area contributed by atoms with E-state index >= 15 is 0 Å². The third-order valence-electron chi connectivity index (χ3n) is 3.82. The summed E-state index contributed by atoms with van der Waals surface area (Å²) in [5.41, 5.74) is 1.09. The van der Waals surface area contributed by atoms with Gasteiger partial charge in [0.1, 0.15) is 12.3 Å². The highest BCUT2D eigenvalue weighted by molar-refractivity contribution is 6.02. The predicted molar refractivity (Wildman–Crippen MR) is 104 cm³/mol. The summed E-state index contributed by atoms with van der Waals surface area (Å²) >= 11 is 0. The Morgan fingerprint density at radius 1 is 1.00 bits per heavy atom. The smallest absolute Gasteiger partial charge is 0.244 e. The van der Waals surface area contributed by atoms with Crippen LogP contribution in [0.2, 0.25) is 0 Å². The monoisotopic (exact) mass is 372 g/mol. The molecule has 144 valence electrons. The first-order valence-electron chi connectivity index (χ1n) is 8.52. The number of carbonyl (C=O) groups is 2. The fraction of sp³-hybridized carbons (Fsp3) is 0.300. The number of amides is 2. The first kappa shape index (κ1) is 20.1. The van der Waals surface area contributed by atoms with E-state index in [0.717, 1.165) is 0 Å². The lowest BCUT2D eigenvalue weighted by Gasteiger charge is -2.22. The van der Waals surface area contributed by atoms with E-state index in [1.54, 1.807) is 36.4 Å². The lowest BCUT2D eigenvalue weighted by atomic mass is 10.2. The van der Waals surface area contributed by atoms with E-state index in [2.05, 4.69) is 5.32 Å². The minimum atomic E-state index is -0.341. The van der Waals surface area contributed by atoms with E-state index in [1.807, 2.05) is 13.0 Å². The number of para-hydroxylation sites is 2. The fourth-order valence-electron chi connectivity index (χ4n) is 2.56. The van der Waals surface area contributed by atoms with E-state index in [1.165, 1.54) is 26.0 Å². The molecule has 0 spiro atoms. The number of benzene rings is 2. The van der Waals surface area contributed by atoms with Crippen LogP contribution in [0.3, 0.4) is 0 Å². The average Bonchev–Trinajstić information content (AvgIpc) is 2.67.